The van der Waals surface area contributed by atoms with Crippen LogP contribution in [0.3, 0.4) is 0 Å². The fourth-order valence-electron chi connectivity index (χ4n) is 3.33. The Balaban J connectivity index is 2.67. The SMILES string of the molecule is C=CCN1C(=O)NC(c2ccc(Cl)cc2Cl)C(C(=O)OCC)=C1CN(C)CCC. The first-order valence-corrected chi connectivity index (χ1v) is 10.3. The van der Waals surface area contributed by atoms with Crippen LogP contribution in [0.1, 0.15) is 31.9 Å². The molecule has 1 aliphatic rings. The number of urea groups is 1. The van der Waals surface area contributed by atoms with E-state index in [2.05, 4.69) is 23.7 Å². The minimum Gasteiger partial charge on any atom is -0.463 e. The number of halogens is 2. The van der Waals surface area contributed by atoms with Gasteiger partial charge in [0, 0.05) is 28.8 Å². The predicted molar refractivity (Wildman–Crippen MR) is 116 cm³/mol. The molecule has 0 fully saturated rings. The average molecular weight is 440 g/mol. The fraction of sp³-hybridized carbons (Fsp3) is 0.429. The third kappa shape index (κ3) is 5.53. The normalized spacial score (nSPS) is 16.8. The Kier molecular flexibility index (Phi) is 8.56. The summed E-state index contributed by atoms with van der Waals surface area (Å²) in [5, 5.41) is 3.72. The number of nitrogens with zero attached hydrogens (tertiary/aromatic N) is 2. The molecule has 1 aromatic carbocycles. The number of esters is 1. The number of rotatable bonds is 9. The topological polar surface area (TPSA) is 61.9 Å². The summed E-state index contributed by atoms with van der Waals surface area (Å²) < 4.78 is 5.34. The Morgan fingerprint density at radius 2 is 2.10 bits per heavy atom. The van der Waals surface area contributed by atoms with Crippen LogP contribution in [0.25, 0.3) is 0 Å². The molecule has 0 aromatic heterocycles. The molecule has 6 nitrogen and oxygen atoms in total. The second-order valence-corrected chi connectivity index (χ2v) is 7.61. The van der Waals surface area contributed by atoms with Gasteiger partial charge in [0.15, 0.2) is 0 Å². The van der Waals surface area contributed by atoms with Crippen LogP contribution in [0, 0.1) is 0 Å². The summed E-state index contributed by atoms with van der Waals surface area (Å²) >= 11 is 12.4. The van der Waals surface area contributed by atoms with Crippen LogP contribution in [-0.4, -0.2) is 55.1 Å². The Labute approximate surface area is 182 Å². The molecule has 0 spiro atoms. The molecular formula is C21H27Cl2N3O3. The Hall–Kier alpha value is -2.02. The van der Waals surface area contributed by atoms with Crippen molar-refractivity contribution >= 4 is 35.2 Å². The van der Waals surface area contributed by atoms with Gasteiger partial charge in [0.05, 0.1) is 18.2 Å². The average Bonchev–Trinajstić information content (AvgIpc) is 2.64. The van der Waals surface area contributed by atoms with Crippen molar-refractivity contribution in [1.82, 2.24) is 15.1 Å². The molecule has 1 atom stereocenters. The summed E-state index contributed by atoms with van der Waals surface area (Å²) in [5.74, 6) is -0.488. The van der Waals surface area contributed by atoms with Crippen molar-refractivity contribution in [1.29, 1.82) is 0 Å². The van der Waals surface area contributed by atoms with Gasteiger partial charge >= 0.3 is 12.0 Å². The van der Waals surface area contributed by atoms with Crippen molar-refractivity contribution in [2.24, 2.45) is 0 Å². The monoisotopic (exact) mass is 439 g/mol. The first-order valence-electron chi connectivity index (χ1n) is 9.56. The van der Waals surface area contributed by atoms with Gasteiger partial charge in [0.25, 0.3) is 0 Å². The standard InChI is InChI=1S/C21H27Cl2N3O3/c1-5-10-25(4)13-17-18(20(27)29-7-3)19(24-21(28)26(17)11-6-2)15-9-8-14(22)12-16(15)23/h6,8-9,12,19H,2,5,7,10-11,13H2,1,3-4H3,(H,24,28). The summed E-state index contributed by atoms with van der Waals surface area (Å²) in [4.78, 5) is 29.5. The first-order chi connectivity index (χ1) is 13.8. The van der Waals surface area contributed by atoms with Gasteiger partial charge in [0.2, 0.25) is 0 Å². The molecule has 1 heterocycles. The van der Waals surface area contributed by atoms with Crippen LogP contribution in [0.4, 0.5) is 4.79 Å². The van der Waals surface area contributed by atoms with Gasteiger partial charge in [-0.15, -0.1) is 6.58 Å². The Morgan fingerprint density at radius 3 is 2.69 bits per heavy atom. The highest BCUT2D eigenvalue weighted by Gasteiger charge is 2.38. The summed E-state index contributed by atoms with van der Waals surface area (Å²) in [6, 6.07) is 3.92. The smallest absolute Gasteiger partial charge is 0.338 e. The van der Waals surface area contributed by atoms with E-state index in [1.807, 2.05) is 7.05 Å². The van der Waals surface area contributed by atoms with E-state index in [1.165, 1.54) is 4.90 Å². The zero-order valence-corrected chi connectivity index (χ0v) is 18.5. The molecule has 0 saturated heterocycles. The summed E-state index contributed by atoms with van der Waals surface area (Å²) in [7, 11) is 1.95. The molecule has 29 heavy (non-hydrogen) atoms. The van der Waals surface area contributed by atoms with Crippen LogP contribution >= 0.6 is 23.2 Å². The minimum atomic E-state index is -0.739. The maximum Gasteiger partial charge on any atom is 0.338 e. The van der Waals surface area contributed by atoms with Gasteiger partial charge in [0.1, 0.15) is 0 Å². The Morgan fingerprint density at radius 1 is 1.38 bits per heavy atom. The van der Waals surface area contributed by atoms with Crippen molar-refractivity contribution in [3.63, 3.8) is 0 Å². The number of hydrogen-bond acceptors (Lipinski definition) is 4. The van der Waals surface area contributed by atoms with Crippen LogP contribution in [0.15, 0.2) is 42.1 Å². The number of likely N-dealkylation sites (N-methyl/N-ethyl adjacent to an activating group) is 1. The number of hydrogen-bond donors (Lipinski definition) is 1. The lowest BCUT2D eigenvalue weighted by molar-refractivity contribution is -0.139. The number of benzene rings is 1. The third-order valence-corrected chi connectivity index (χ3v) is 5.11. The maximum atomic E-state index is 13.0. The van der Waals surface area contributed by atoms with Crippen molar-refractivity contribution in [2.45, 2.75) is 26.3 Å². The van der Waals surface area contributed by atoms with Gasteiger partial charge in [-0.1, -0.05) is 42.3 Å². The molecule has 0 saturated carbocycles. The molecular weight excluding hydrogens is 413 g/mol. The first kappa shape index (κ1) is 23.3. The summed E-state index contributed by atoms with van der Waals surface area (Å²) in [5.41, 5.74) is 1.53. The van der Waals surface area contributed by atoms with Gasteiger partial charge < -0.3 is 15.0 Å². The van der Waals surface area contributed by atoms with E-state index in [0.29, 0.717) is 33.4 Å². The lowest BCUT2D eigenvalue weighted by Crippen LogP contribution is -2.50. The van der Waals surface area contributed by atoms with Gasteiger partial charge in [-0.25, -0.2) is 9.59 Å². The lowest BCUT2D eigenvalue weighted by Gasteiger charge is -2.37. The highest BCUT2D eigenvalue weighted by atomic mass is 35.5. The quantitative estimate of drug-likeness (QED) is 0.457. The number of carbonyl (C=O) groups is 2. The Bertz CT molecular complexity index is 810. The zero-order valence-electron chi connectivity index (χ0n) is 17.0. The van der Waals surface area contributed by atoms with Crippen LogP contribution in [0.2, 0.25) is 10.0 Å². The van der Waals surface area contributed by atoms with Crippen LogP contribution in [0.5, 0.6) is 0 Å². The van der Waals surface area contributed by atoms with Crippen molar-refractivity contribution in [3.8, 4) is 0 Å². The summed E-state index contributed by atoms with van der Waals surface area (Å²) in [6.07, 6.45) is 2.57. The van der Waals surface area contributed by atoms with E-state index in [9.17, 15) is 9.59 Å². The van der Waals surface area contributed by atoms with Gasteiger partial charge in [-0.3, -0.25) is 4.90 Å². The van der Waals surface area contributed by atoms with Crippen molar-refractivity contribution < 1.29 is 14.3 Å². The number of nitrogens with one attached hydrogen (secondary N) is 1. The van der Waals surface area contributed by atoms with E-state index in [0.717, 1.165) is 13.0 Å². The second-order valence-electron chi connectivity index (χ2n) is 6.77. The molecule has 0 bridgehead atoms. The molecule has 0 aliphatic carbocycles. The zero-order chi connectivity index (χ0) is 21.6. The largest absolute Gasteiger partial charge is 0.463 e. The van der Waals surface area contributed by atoms with Gasteiger partial charge in [-0.05, 0) is 44.6 Å². The van der Waals surface area contributed by atoms with E-state index < -0.39 is 12.0 Å². The number of carbonyl (C=O) groups excluding carboxylic acids is 2. The van der Waals surface area contributed by atoms with Gasteiger partial charge in [-0.2, -0.15) is 0 Å². The highest BCUT2D eigenvalue weighted by molar-refractivity contribution is 6.35. The number of ether oxygens (including phenoxy) is 1. The van der Waals surface area contributed by atoms with Crippen LogP contribution < -0.4 is 5.32 Å². The minimum absolute atomic E-state index is 0.219. The molecule has 2 amide bonds. The number of amides is 2. The van der Waals surface area contributed by atoms with E-state index in [4.69, 9.17) is 27.9 Å². The van der Waals surface area contributed by atoms with Crippen molar-refractivity contribution in [3.05, 3.63) is 57.7 Å². The fourth-order valence-corrected chi connectivity index (χ4v) is 3.85. The van der Waals surface area contributed by atoms with Crippen LogP contribution in [-0.2, 0) is 9.53 Å². The molecule has 8 heteroatoms. The highest BCUT2D eigenvalue weighted by Crippen LogP contribution is 2.36. The molecule has 1 unspecified atom stereocenters. The van der Waals surface area contributed by atoms with E-state index in [1.54, 1.807) is 31.2 Å². The van der Waals surface area contributed by atoms with E-state index in [-0.39, 0.29) is 19.2 Å². The van der Waals surface area contributed by atoms with Crippen molar-refractivity contribution in [2.75, 3.05) is 33.3 Å². The summed E-state index contributed by atoms with van der Waals surface area (Å²) in [6.45, 7) is 9.26. The lowest BCUT2D eigenvalue weighted by atomic mass is 9.94. The molecule has 158 valence electrons. The molecule has 2 rings (SSSR count). The maximum absolute atomic E-state index is 13.0. The second kappa shape index (κ2) is 10.7. The predicted octanol–water partition coefficient (Wildman–Crippen LogP) is 4.40. The third-order valence-electron chi connectivity index (χ3n) is 4.54. The molecule has 0 radical (unpaired) electrons. The van der Waals surface area contributed by atoms with E-state index >= 15 is 0 Å². The molecule has 1 aromatic rings. The molecule has 1 aliphatic heterocycles. The molecule has 1 N–H and O–H groups in total.